The molecule has 1 aliphatic heterocycles. The number of hydrogen-bond donors (Lipinski definition) is 2. The minimum Gasteiger partial charge on any atom is -0.475 e. The fourth-order valence-electron chi connectivity index (χ4n) is 2.26. The Morgan fingerprint density at radius 3 is 2.57 bits per heavy atom. The van der Waals surface area contributed by atoms with Crippen molar-refractivity contribution in [3.63, 3.8) is 0 Å². The molecule has 7 nitrogen and oxygen atoms in total. The van der Waals surface area contributed by atoms with Crippen LogP contribution in [0.1, 0.15) is 30.3 Å². The number of piperidine rings is 1. The lowest BCUT2D eigenvalue weighted by Gasteiger charge is -2.37. The number of hydrogen-bond acceptors (Lipinski definition) is 5. The van der Waals surface area contributed by atoms with E-state index in [1.807, 2.05) is 14.0 Å². The lowest BCUT2D eigenvalue weighted by Crippen LogP contribution is -2.43. The molecular weight excluding hydrogens is 296 g/mol. The van der Waals surface area contributed by atoms with E-state index in [0.717, 1.165) is 38.1 Å². The number of furan rings is 1. The molecule has 0 amide bonds. The van der Waals surface area contributed by atoms with Crippen molar-refractivity contribution in [2.24, 2.45) is 5.41 Å². The number of sulfonamides is 1. The summed E-state index contributed by atoms with van der Waals surface area (Å²) in [7, 11) is -1.78. The summed E-state index contributed by atoms with van der Waals surface area (Å²) < 4.78 is 31.6. The second-order valence-corrected chi connectivity index (χ2v) is 7.56. The third-order valence-electron chi connectivity index (χ3n) is 3.94. The number of carboxylic acid groups (broad SMARTS) is 1. The number of aromatic carboxylic acids is 1. The van der Waals surface area contributed by atoms with E-state index in [9.17, 15) is 13.2 Å². The topological polar surface area (TPSA) is 99.9 Å². The second-order valence-electron chi connectivity index (χ2n) is 5.86. The molecule has 0 saturated carbocycles. The van der Waals surface area contributed by atoms with E-state index in [1.165, 1.54) is 0 Å². The number of rotatable bonds is 5. The summed E-state index contributed by atoms with van der Waals surface area (Å²) in [6.45, 7) is 4.23. The van der Waals surface area contributed by atoms with E-state index in [4.69, 9.17) is 9.52 Å². The standard InChI is InChI=1S/C13H20N2O5S/c1-13(5-7-15(2)8-6-13)9-14-21(18,19)11-4-3-10(20-11)12(16)17/h3-4,14H,5-9H2,1-2H3,(H,16,17). The molecule has 2 heterocycles. The minimum atomic E-state index is -3.82. The summed E-state index contributed by atoms with van der Waals surface area (Å²) in [5.74, 6) is -1.68. The van der Waals surface area contributed by atoms with Gasteiger partial charge in [0.1, 0.15) is 0 Å². The van der Waals surface area contributed by atoms with Crippen LogP contribution >= 0.6 is 0 Å². The first-order chi connectivity index (χ1) is 9.72. The molecule has 8 heteroatoms. The van der Waals surface area contributed by atoms with Gasteiger partial charge < -0.3 is 14.4 Å². The van der Waals surface area contributed by atoms with E-state index in [2.05, 4.69) is 9.62 Å². The minimum absolute atomic E-state index is 0.0954. The Labute approximate surface area is 124 Å². The third-order valence-corrected chi connectivity index (χ3v) is 5.21. The largest absolute Gasteiger partial charge is 0.475 e. The first-order valence-corrected chi connectivity index (χ1v) is 8.22. The molecule has 1 aromatic rings. The van der Waals surface area contributed by atoms with Gasteiger partial charge in [0.05, 0.1) is 0 Å². The Morgan fingerprint density at radius 1 is 1.43 bits per heavy atom. The maximum absolute atomic E-state index is 12.1. The molecule has 21 heavy (non-hydrogen) atoms. The second kappa shape index (κ2) is 5.78. The van der Waals surface area contributed by atoms with Crippen LogP contribution < -0.4 is 4.72 Å². The van der Waals surface area contributed by atoms with Crippen molar-refractivity contribution < 1.29 is 22.7 Å². The van der Waals surface area contributed by atoms with Gasteiger partial charge in [0, 0.05) is 6.54 Å². The first kappa shape index (κ1) is 16.0. The number of nitrogens with zero attached hydrogens (tertiary/aromatic N) is 1. The predicted octanol–water partition coefficient (Wildman–Crippen LogP) is 0.988. The molecule has 0 spiro atoms. The van der Waals surface area contributed by atoms with Gasteiger partial charge in [-0.05, 0) is 50.5 Å². The highest BCUT2D eigenvalue weighted by Crippen LogP contribution is 2.30. The first-order valence-electron chi connectivity index (χ1n) is 6.73. The highest BCUT2D eigenvalue weighted by molar-refractivity contribution is 7.89. The lowest BCUT2D eigenvalue weighted by molar-refractivity contribution is 0.0656. The molecule has 118 valence electrons. The summed E-state index contributed by atoms with van der Waals surface area (Å²) in [6, 6.07) is 2.29. The number of carboxylic acids is 1. The van der Waals surface area contributed by atoms with Crippen molar-refractivity contribution in [1.29, 1.82) is 0 Å². The number of nitrogens with one attached hydrogen (secondary N) is 1. The Morgan fingerprint density at radius 2 is 2.05 bits per heavy atom. The zero-order valence-electron chi connectivity index (χ0n) is 12.1. The van der Waals surface area contributed by atoms with Gasteiger partial charge in [0.15, 0.2) is 0 Å². The molecule has 2 rings (SSSR count). The summed E-state index contributed by atoms with van der Waals surface area (Å²) in [4.78, 5) is 12.9. The van der Waals surface area contributed by atoms with E-state index >= 15 is 0 Å². The fraction of sp³-hybridized carbons (Fsp3) is 0.615. The van der Waals surface area contributed by atoms with Gasteiger partial charge in [-0.25, -0.2) is 17.9 Å². The van der Waals surface area contributed by atoms with Crippen LogP contribution in [-0.2, 0) is 10.0 Å². The van der Waals surface area contributed by atoms with E-state index in [1.54, 1.807) is 0 Å². The smallest absolute Gasteiger partial charge is 0.371 e. The van der Waals surface area contributed by atoms with Crippen LogP contribution in [0.15, 0.2) is 21.6 Å². The van der Waals surface area contributed by atoms with Crippen LogP contribution in [-0.4, -0.2) is 51.1 Å². The molecule has 0 atom stereocenters. The normalized spacial score (nSPS) is 19.5. The predicted molar refractivity (Wildman–Crippen MR) is 75.7 cm³/mol. The van der Waals surface area contributed by atoms with Crippen LogP contribution in [0.2, 0.25) is 0 Å². The van der Waals surface area contributed by atoms with Gasteiger partial charge in [-0.15, -0.1) is 0 Å². The summed E-state index contributed by atoms with van der Waals surface area (Å²) >= 11 is 0. The van der Waals surface area contributed by atoms with Gasteiger partial charge in [-0.1, -0.05) is 6.92 Å². The molecule has 0 aliphatic carbocycles. The molecule has 1 fully saturated rings. The monoisotopic (exact) mass is 316 g/mol. The van der Waals surface area contributed by atoms with Crippen molar-refractivity contribution in [2.75, 3.05) is 26.7 Å². The molecule has 1 saturated heterocycles. The van der Waals surface area contributed by atoms with Gasteiger partial charge in [0.2, 0.25) is 10.9 Å². The molecule has 0 bridgehead atoms. The van der Waals surface area contributed by atoms with Gasteiger partial charge in [0.25, 0.3) is 10.0 Å². The molecular formula is C13H20N2O5S. The van der Waals surface area contributed by atoms with E-state index in [0.29, 0.717) is 6.54 Å². The number of carbonyl (C=O) groups is 1. The molecule has 0 unspecified atom stereocenters. The Bertz CT molecular complexity index is 614. The molecule has 2 N–H and O–H groups in total. The summed E-state index contributed by atoms with van der Waals surface area (Å²) in [5, 5.41) is 8.39. The Balaban J connectivity index is 2.02. The van der Waals surface area contributed by atoms with E-state index < -0.39 is 16.0 Å². The summed E-state index contributed by atoms with van der Waals surface area (Å²) in [6.07, 6.45) is 1.81. The van der Waals surface area contributed by atoms with Gasteiger partial charge in [-0.3, -0.25) is 0 Å². The SMILES string of the molecule is CN1CCC(C)(CNS(=O)(=O)c2ccc(C(=O)O)o2)CC1. The molecule has 0 radical (unpaired) electrons. The van der Waals surface area contributed by atoms with Crippen molar-refractivity contribution in [3.8, 4) is 0 Å². The van der Waals surface area contributed by atoms with Crippen LogP contribution in [0, 0.1) is 5.41 Å². The molecule has 1 aromatic heterocycles. The number of likely N-dealkylation sites (tertiary alicyclic amines) is 1. The lowest BCUT2D eigenvalue weighted by atomic mass is 9.81. The maximum Gasteiger partial charge on any atom is 0.371 e. The van der Waals surface area contributed by atoms with Crippen LogP contribution in [0.25, 0.3) is 0 Å². The average Bonchev–Trinajstić information content (AvgIpc) is 2.91. The quantitative estimate of drug-likeness (QED) is 0.840. The Kier molecular flexibility index (Phi) is 4.40. The van der Waals surface area contributed by atoms with Crippen molar-refractivity contribution >= 4 is 16.0 Å². The highest BCUT2D eigenvalue weighted by atomic mass is 32.2. The maximum atomic E-state index is 12.1. The molecule has 1 aliphatic rings. The van der Waals surface area contributed by atoms with Crippen LogP contribution in [0.3, 0.4) is 0 Å². The van der Waals surface area contributed by atoms with Gasteiger partial charge >= 0.3 is 5.97 Å². The fourth-order valence-corrected chi connectivity index (χ4v) is 3.38. The zero-order chi connectivity index (χ0) is 15.7. The van der Waals surface area contributed by atoms with Crippen molar-refractivity contribution in [2.45, 2.75) is 24.9 Å². The van der Waals surface area contributed by atoms with Crippen molar-refractivity contribution in [1.82, 2.24) is 9.62 Å². The van der Waals surface area contributed by atoms with E-state index in [-0.39, 0.29) is 16.3 Å². The highest BCUT2D eigenvalue weighted by Gasteiger charge is 2.31. The van der Waals surface area contributed by atoms with Crippen LogP contribution in [0.4, 0.5) is 0 Å². The third kappa shape index (κ3) is 3.84. The summed E-state index contributed by atoms with van der Waals surface area (Å²) in [5.41, 5.74) is -0.0954. The van der Waals surface area contributed by atoms with Crippen LogP contribution in [0.5, 0.6) is 0 Å². The Hall–Kier alpha value is -1.38. The van der Waals surface area contributed by atoms with Crippen molar-refractivity contribution in [3.05, 3.63) is 17.9 Å². The van der Waals surface area contributed by atoms with Gasteiger partial charge in [-0.2, -0.15) is 0 Å². The zero-order valence-corrected chi connectivity index (χ0v) is 12.9. The molecule has 0 aromatic carbocycles. The average molecular weight is 316 g/mol.